The molecule has 0 heterocycles. The Hall–Kier alpha value is 0.0900. The lowest BCUT2D eigenvalue weighted by molar-refractivity contribution is -0.918. The Balaban J connectivity index is 0. The largest absolute Gasteiger partial charge is 1.00 e. The van der Waals surface area contributed by atoms with Crippen molar-refractivity contribution in [1.82, 2.24) is 5.32 Å². The van der Waals surface area contributed by atoms with Crippen molar-refractivity contribution in [2.24, 2.45) is 0 Å². The molecule has 0 radical (unpaired) electrons. The van der Waals surface area contributed by atoms with Crippen LogP contribution in [0, 0.1) is 0 Å². The normalized spacial score (nSPS) is 12.9. The average Bonchev–Trinajstić information content (AvgIpc) is 2.98. The summed E-state index contributed by atoms with van der Waals surface area (Å²) in [5.74, 6) is -0.862. The van der Waals surface area contributed by atoms with Gasteiger partial charge in [-0.25, -0.2) is 0 Å². The Morgan fingerprint density at radius 1 is 0.524 bits per heavy atom. The number of ether oxygens (including phenoxy) is 3. The van der Waals surface area contributed by atoms with Crippen molar-refractivity contribution in [3.63, 3.8) is 0 Å². The highest BCUT2D eigenvalue weighted by atomic mass is 35.5. The molecule has 1 N–H and O–H groups in total. The molecule has 5 nitrogen and oxygen atoms in total. The van der Waals surface area contributed by atoms with Gasteiger partial charge in [0.25, 0.3) is 5.97 Å². The van der Waals surface area contributed by atoms with E-state index in [0.717, 1.165) is 17.3 Å². The lowest BCUT2D eigenvalue weighted by Crippen LogP contribution is -3.00. The Morgan fingerprint density at radius 3 is 1.26 bits per heavy atom. The molecule has 42 heavy (non-hydrogen) atoms. The number of methoxy groups -OCH3 is 3. The average molecular weight is 621 g/mol. The van der Waals surface area contributed by atoms with Crippen LogP contribution >= 0.6 is 0 Å². The molecule has 0 spiro atoms. The molecule has 1 unspecified atom stereocenters. The summed E-state index contributed by atoms with van der Waals surface area (Å²) in [6, 6.07) is 0. The Kier molecular flexibility index (Phi) is 32.7. The maximum absolute atomic E-state index is 5.38. The quantitative estimate of drug-likeness (QED) is 0.0472. The summed E-state index contributed by atoms with van der Waals surface area (Å²) >= 11 is 0. The molecule has 0 aliphatic carbocycles. The van der Waals surface area contributed by atoms with Gasteiger partial charge in [0.05, 0.1) is 20.6 Å². The van der Waals surface area contributed by atoms with Crippen LogP contribution in [0.4, 0.5) is 0 Å². The van der Waals surface area contributed by atoms with Crippen molar-refractivity contribution < 1.29 is 31.1 Å². The topological polar surface area (TPSA) is 39.7 Å². The molecule has 0 saturated heterocycles. The van der Waals surface area contributed by atoms with Crippen LogP contribution in [0.5, 0.6) is 0 Å². The minimum absolute atomic E-state index is 0. The molecule has 0 rings (SSSR count). The van der Waals surface area contributed by atoms with Crippen molar-refractivity contribution >= 4 is 0 Å². The fourth-order valence-electron chi connectivity index (χ4n) is 6.28. The van der Waals surface area contributed by atoms with E-state index in [-0.39, 0.29) is 12.4 Å². The molecular formula is C36H77ClN2O3. The molecule has 1 atom stereocenters. The summed E-state index contributed by atoms with van der Waals surface area (Å²) in [6.07, 6.45) is 34.4. The molecule has 0 bridgehead atoms. The van der Waals surface area contributed by atoms with Gasteiger partial charge in [-0.2, -0.15) is 0 Å². The van der Waals surface area contributed by atoms with Gasteiger partial charge in [-0.1, -0.05) is 136 Å². The third-order valence-corrected chi connectivity index (χ3v) is 9.29. The van der Waals surface area contributed by atoms with Crippen LogP contribution in [0.3, 0.4) is 0 Å². The highest BCUT2D eigenvalue weighted by molar-refractivity contribution is 4.59. The minimum atomic E-state index is -0.862. The maximum atomic E-state index is 5.38. The van der Waals surface area contributed by atoms with Gasteiger partial charge >= 0.3 is 0 Å². The number of unbranched alkanes of at least 4 members (excludes halogenated alkanes) is 21. The van der Waals surface area contributed by atoms with E-state index in [0.29, 0.717) is 6.17 Å². The van der Waals surface area contributed by atoms with E-state index in [1.165, 1.54) is 161 Å². The molecule has 0 fully saturated rings. The van der Waals surface area contributed by atoms with E-state index in [1.807, 2.05) is 0 Å². The SMILES string of the molecule is CCCCCCCCCCCCCCCCCCNC(CC)[N+](C)(C)CCCCCCCCCC(OC)(OC)OC.[Cl-]. The van der Waals surface area contributed by atoms with Crippen molar-refractivity contribution in [1.29, 1.82) is 0 Å². The third-order valence-electron chi connectivity index (χ3n) is 9.29. The second kappa shape index (κ2) is 31.1. The molecule has 0 aliphatic rings. The van der Waals surface area contributed by atoms with Crippen LogP contribution in [0.2, 0.25) is 0 Å². The van der Waals surface area contributed by atoms with Gasteiger partial charge in [0, 0.05) is 40.7 Å². The Labute approximate surface area is 271 Å². The Morgan fingerprint density at radius 2 is 0.881 bits per heavy atom. The van der Waals surface area contributed by atoms with Gasteiger partial charge < -0.3 is 31.1 Å². The zero-order valence-electron chi connectivity index (χ0n) is 29.7. The number of halogens is 1. The summed E-state index contributed by atoms with van der Waals surface area (Å²) in [5.41, 5.74) is 0. The first-order valence-electron chi connectivity index (χ1n) is 18.1. The maximum Gasteiger partial charge on any atom is 0.282 e. The highest BCUT2D eigenvalue weighted by Gasteiger charge is 2.28. The van der Waals surface area contributed by atoms with Crippen molar-refractivity contribution in [3.05, 3.63) is 0 Å². The monoisotopic (exact) mass is 621 g/mol. The van der Waals surface area contributed by atoms with Gasteiger partial charge in [-0.15, -0.1) is 0 Å². The second-order valence-electron chi connectivity index (χ2n) is 13.2. The predicted molar refractivity (Wildman–Crippen MR) is 179 cm³/mol. The lowest BCUT2D eigenvalue weighted by atomic mass is 10.0. The van der Waals surface area contributed by atoms with E-state index in [9.17, 15) is 0 Å². The predicted octanol–water partition coefficient (Wildman–Crippen LogP) is 7.37. The van der Waals surface area contributed by atoms with Crippen molar-refractivity contribution in [2.45, 2.75) is 187 Å². The number of nitrogens with zero attached hydrogens (tertiary/aromatic N) is 1. The summed E-state index contributed by atoms with van der Waals surface area (Å²) in [6.45, 7) is 7.09. The van der Waals surface area contributed by atoms with Gasteiger partial charge in [0.1, 0.15) is 6.17 Å². The fourth-order valence-corrected chi connectivity index (χ4v) is 6.28. The van der Waals surface area contributed by atoms with Gasteiger partial charge in [0.15, 0.2) is 0 Å². The van der Waals surface area contributed by atoms with E-state index >= 15 is 0 Å². The van der Waals surface area contributed by atoms with Gasteiger partial charge in [-0.3, -0.25) is 5.32 Å². The molecule has 0 aromatic carbocycles. The molecule has 6 heteroatoms. The molecular weight excluding hydrogens is 544 g/mol. The smallest absolute Gasteiger partial charge is 0.282 e. The summed E-state index contributed by atoms with van der Waals surface area (Å²) < 4.78 is 17.2. The van der Waals surface area contributed by atoms with Gasteiger partial charge in [0.2, 0.25) is 0 Å². The number of hydrogen-bond donors (Lipinski definition) is 1. The van der Waals surface area contributed by atoms with E-state index in [1.54, 1.807) is 21.3 Å². The molecule has 0 aromatic rings. The zero-order chi connectivity index (χ0) is 30.5. The molecule has 0 amide bonds. The number of quaternary nitrogens is 1. The van der Waals surface area contributed by atoms with E-state index in [4.69, 9.17) is 14.2 Å². The number of rotatable bonds is 33. The zero-order valence-corrected chi connectivity index (χ0v) is 30.5. The van der Waals surface area contributed by atoms with Crippen LogP contribution < -0.4 is 17.7 Å². The van der Waals surface area contributed by atoms with Crippen molar-refractivity contribution in [2.75, 3.05) is 48.5 Å². The first kappa shape index (κ1) is 44.2. The highest BCUT2D eigenvalue weighted by Crippen LogP contribution is 2.22. The van der Waals surface area contributed by atoms with Gasteiger partial charge in [-0.05, 0) is 25.7 Å². The van der Waals surface area contributed by atoms with Crippen LogP contribution in [-0.2, 0) is 14.2 Å². The van der Waals surface area contributed by atoms with Crippen LogP contribution in [0.15, 0.2) is 0 Å². The number of hydrogen-bond acceptors (Lipinski definition) is 4. The van der Waals surface area contributed by atoms with Crippen LogP contribution in [-0.4, -0.2) is 65.1 Å². The fraction of sp³-hybridized carbons (Fsp3) is 1.00. The molecule has 256 valence electrons. The molecule has 0 aromatic heterocycles. The Bertz CT molecular complexity index is 524. The third kappa shape index (κ3) is 24.4. The second-order valence-corrected chi connectivity index (χ2v) is 13.2. The summed E-state index contributed by atoms with van der Waals surface area (Å²) in [5, 5.41) is 3.90. The molecule has 0 aliphatic heterocycles. The number of nitrogens with one attached hydrogen (secondary N) is 1. The van der Waals surface area contributed by atoms with E-state index < -0.39 is 5.97 Å². The first-order valence-corrected chi connectivity index (χ1v) is 18.1. The summed E-state index contributed by atoms with van der Waals surface area (Å²) in [4.78, 5) is 0. The van der Waals surface area contributed by atoms with Crippen molar-refractivity contribution in [3.8, 4) is 0 Å². The summed E-state index contributed by atoms with van der Waals surface area (Å²) in [7, 11) is 9.78. The first-order chi connectivity index (χ1) is 19.9. The van der Waals surface area contributed by atoms with Crippen LogP contribution in [0.25, 0.3) is 0 Å². The lowest BCUT2D eigenvalue weighted by Gasteiger charge is -2.38. The van der Waals surface area contributed by atoms with E-state index in [2.05, 4.69) is 33.3 Å². The standard InChI is InChI=1S/C36H77N2O3.ClH/c1-8-10-11-12-13-14-15-16-17-18-19-20-21-24-27-30-33-37-35(9-2)38(3,4)34-31-28-25-22-23-26-29-32-36(39-5,40-6)41-7;/h35,37H,8-34H2,1-7H3;1H/q+1;/p-1. The minimum Gasteiger partial charge on any atom is -1.00 e. The molecule has 0 saturated carbocycles. The van der Waals surface area contributed by atoms with Crippen LogP contribution in [0.1, 0.15) is 174 Å².